The number of nitrogens with one attached hydrogen (secondary N) is 1. The standard InChI is InChI=1S/C25H29N3O4/c29-23(15-18-3-4-22-20(14-18)2-1-12-31-22)28-16-25(17-28)21(8-13-32-25)7-11-27-24(30)19-5-9-26-10-6-19/h3-6,9-10,14,21H,1-2,7-8,11-13,15-17H2,(H,27,30)/t21-/m0/s1. The highest BCUT2D eigenvalue weighted by molar-refractivity contribution is 5.93. The minimum Gasteiger partial charge on any atom is -0.493 e. The third-order valence-corrected chi connectivity index (χ3v) is 6.92. The number of aromatic nitrogens is 1. The number of rotatable bonds is 6. The smallest absolute Gasteiger partial charge is 0.251 e. The Morgan fingerprint density at radius 3 is 2.84 bits per heavy atom. The molecule has 3 aliphatic heterocycles. The number of amides is 2. The topological polar surface area (TPSA) is 80.8 Å². The lowest BCUT2D eigenvalue weighted by atomic mass is 9.78. The summed E-state index contributed by atoms with van der Waals surface area (Å²) in [7, 11) is 0. The van der Waals surface area contributed by atoms with Gasteiger partial charge in [0.25, 0.3) is 5.91 Å². The molecule has 0 aliphatic carbocycles. The van der Waals surface area contributed by atoms with E-state index in [0.29, 0.717) is 37.5 Å². The second kappa shape index (κ2) is 8.90. The number of aryl methyl sites for hydroxylation is 1. The van der Waals surface area contributed by atoms with Gasteiger partial charge < -0.3 is 19.7 Å². The van der Waals surface area contributed by atoms with Gasteiger partial charge in [-0.2, -0.15) is 0 Å². The fraction of sp³-hybridized carbons (Fsp3) is 0.480. The van der Waals surface area contributed by atoms with E-state index < -0.39 is 0 Å². The zero-order valence-electron chi connectivity index (χ0n) is 18.2. The van der Waals surface area contributed by atoms with E-state index in [2.05, 4.69) is 16.4 Å². The van der Waals surface area contributed by atoms with Gasteiger partial charge in [-0.1, -0.05) is 12.1 Å². The summed E-state index contributed by atoms with van der Waals surface area (Å²) < 4.78 is 11.8. The van der Waals surface area contributed by atoms with Crippen LogP contribution in [0.15, 0.2) is 42.7 Å². The van der Waals surface area contributed by atoms with Crippen LogP contribution in [0.2, 0.25) is 0 Å². The first-order chi connectivity index (χ1) is 15.6. The van der Waals surface area contributed by atoms with Gasteiger partial charge in [-0.25, -0.2) is 0 Å². The van der Waals surface area contributed by atoms with Crippen molar-refractivity contribution in [2.45, 2.75) is 37.7 Å². The molecule has 2 aromatic rings. The number of nitrogens with zero attached hydrogens (tertiary/aromatic N) is 2. The Kier molecular flexibility index (Phi) is 5.83. The maximum absolute atomic E-state index is 12.8. The zero-order chi connectivity index (χ0) is 22.0. The SMILES string of the molecule is O=C(NCC[C@H]1CCOC12CN(C(=O)Cc1ccc3c(c1)CCCO3)C2)c1ccncc1. The van der Waals surface area contributed by atoms with Crippen molar-refractivity contribution in [2.24, 2.45) is 5.92 Å². The second-order valence-corrected chi connectivity index (χ2v) is 9.00. The van der Waals surface area contributed by atoms with Crippen LogP contribution in [0.1, 0.15) is 40.7 Å². The molecular weight excluding hydrogens is 406 g/mol. The van der Waals surface area contributed by atoms with Crippen LogP contribution >= 0.6 is 0 Å². The van der Waals surface area contributed by atoms with Gasteiger partial charge >= 0.3 is 0 Å². The van der Waals surface area contributed by atoms with E-state index in [1.165, 1.54) is 5.56 Å². The van der Waals surface area contributed by atoms with Crippen molar-refractivity contribution >= 4 is 11.8 Å². The Morgan fingerprint density at radius 2 is 2.00 bits per heavy atom. The largest absolute Gasteiger partial charge is 0.493 e. The van der Waals surface area contributed by atoms with E-state index in [4.69, 9.17) is 9.47 Å². The zero-order valence-corrected chi connectivity index (χ0v) is 18.2. The van der Waals surface area contributed by atoms with Crippen LogP contribution in [0.3, 0.4) is 0 Å². The molecule has 168 valence electrons. The van der Waals surface area contributed by atoms with Crippen molar-refractivity contribution in [1.82, 2.24) is 15.2 Å². The molecule has 1 aromatic carbocycles. The van der Waals surface area contributed by atoms with Gasteiger partial charge in [0.05, 0.1) is 26.1 Å². The molecule has 0 unspecified atom stereocenters. The second-order valence-electron chi connectivity index (χ2n) is 9.00. The molecule has 2 amide bonds. The summed E-state index contributed by atoms with van der Waals surface area (Å²) in [6, 6.07) is 9.52. The maximum Gasteiger partial charge on any atom is 0.251 e. The van der Waals surface area contributed by atoms with Gasteiger partial charge in [0.1, 0.15) is 11.4 Å². The summed E-state index contributed by atoms with van der Waals surface area (Å²) in [4.78, 5) is 30.9. The third kappa shape index (κ3) is 4.21. The molecule has 1 atom stereocenters. The highest BCUT2D eigenvalue weighted by Gasteiger charge is 2.53. The quantitative estimate of drug-likeness (QED) is 0.754. The Labute approximate surface area is 188 Å². The molecule has 3 aliphatic rings. The molecule has 2 saturated heterocycles. The number of likely N-dealkylation sites (tertiary alicyclic amines) is 1. The van der Waals surface area contributed by atoms with E-state index >= 15 is 0 Å². The number of hydrogen-bond acceptors (Lipinski definition) is 5. The molecule has 7 nitrogen and oxygen atoms in total. The number of carbonyl (C=O) groups is 2. The molecule has 32 heavy (non-hydrogen) atoms. The average Bonchev–Trinajstić information content (AvgIpc) is 3.22. The Morgan fingerprint density at radius 1 is 1.16 bits per heavy atom. The maximum atomic E-state index is 12.8. The summed E-state index contributed by atoms with van der Waals surface area (Å²) in [5.41, 5.74) is 2.62. The highest BCUT2D eigenvalue weighted by Crippen LogP contribution is 2.41. The molecular formula is C25H29N3O4. The molecule has 7 heteroatoms. The van der Waals surface area contributed by atoms with E-state index in [-0.39, 0.29) is 17.4 Å². The molecule has 0 saturated carbocycles. The molecule has 1 spiro atoms. The molecule has 0 bridgehead atoms. The molecule has 0 radical (unpaired) electrons. The van der Waals surface area contributed by atoms with Gasteiger partial charge in [-0.15, -0.1) is 0 Å². The van der Waals surface area contributed by atoms with E-state index in [9.17, 15) is 9.59 Å². The molecule has 1 aromatic heterocycles. The number of pyridine rings is 1. The summed E-state index contributed by atoms with van der Waals surface area (Å²) in [6.07, 6.45) is 7.51. The number of ether oxygens (including phenoxy) is 2. The van der Waals surface area contributed by atoms with Crippen LogP contribution in [0.4, 0.5) is 0 Å². The predicted molar refractivity (Wildman–Crippen MR) is 119 cm³/mol. The number of carbonyl (C=O) groups excluding carboxylic acids is 2. The lowest BCUT2D eigenvalue weighted by molar-refractivity contribution is -0.164. The van der Waals surface area contributed by atoms with Crippen molar-refractivity contribution in [1.29, 1.82) is 0 Å². The summed E-state index contributed by atoms with van der Waals surface area (Å²) >= 11 is 0. The normalized spacial score (nSPS) is 20.9. The highest BCUT2D eigenvalue weighted by atomic mass is 16.5. The summed E-state index contributed by atoms with van der Waals surface area (Å²) in [5, 5.41) is 2.99. The molecule has 4 heterocycles. The van der Waals surface area contributed by atoms with Crippen molar-refractivity contribution in [3.05, 3.63) is 59.4 Å². The summed E-state index contributed by atoms with van der Waals surface area (Å²) in [6.45, 7) is 3.37. The van der Waals surface area contributed by atoms with E-state index in [0.717, 1.165) is 50.2 Å². The average molecular weight is 436 g/mol. The van der Waals surface area contributed by atoms with Crippen molar-refractivity contribution in [2.75, 3.05) is 32.8 Å². The first-order valence-electron chi connectivity index (χ1n) is 11.5. The van der Waals surface area contributed by atoms with E-state index in [1.807, 2.05) is 17.0 Å². The van der Waals surface area contributed by atoms with Crippen LogP contribution in [0, 0.1) is 5.92 Å². The van der Waals surface area contributed by atoms with E-state index in [1.54, 1.807) is 24.5 Å². The predicted octanol–water partition coefficient (Wildman–Crippen LogP) is 2.39. The van der Waals surface area contributed by atoms with Gasteiger partial charge in [0.2, 0.25) is 5.91 Å². The van der Waals surface area contributed by atoms with Crippen molar-refractivity contribution in [3.8, 4) is 5.75 Å². The van der Waals surface area contributed by atoms with Crippen LogP contribution < -0.4 is 10.1 Å². The van der Waals surface area contributed by atoms with Crippen molar-refractivity contribution < 1.29 is 19.1 Å². The van der Waals surface area contributed by atoms with Gasteiger partial charge in [-0.3, -0.25) is 14.6 Å². The lowest BCUT2D eigenvalue weighted by Crippen LogP contribution is -2.66. The molecule has 5 rings (SSSR count). The molecule has 1 N–H and O–H groups in total. The fourth-order valence-corrected chi connectivity index (χ4v) is 5.09. The first-order valence-corrected chi connectivity index (χ1v) is 11.5. The van der Waals surface area contributed by atoms with Gasteiger partial charge in [-0.05, 0) is 60.9 Å². The Bertz CT molecular complexity index is 988. The lowest BCUT2D eigenvalue weighted by Gasteiger charge is -2.50. The minimum atomic E-state index is -0.249. The monoisotopic (exact) mass is 435 g/mol. The number of fused-ring (bicyclic) bond motifs is 1. The molecule has 2 fully saturated rings. The van der Waals surface area contributed by atoms with Crippen LogP contribution in [0.25, 0.3) is 0 Å². The first kappa shape index (κ1) is 20.9. The Hall–Kier alpha value is -2.93. The minimum absolute atomic E-state index is 0.0822. The third-order valence-electron chi connectivity index (χ3n) is 6.92. The fourth-order valence-electron chi connectivity index (χ4n) is 5.09. The van der Waals surface area contributed by atoms with Crippen molar-refractivity contribution in [3.63, 3.8) is 0 Å². The van der Waals surface area contributed by atoms with Gasteiger partial charge in [0.15, 0.2) is 0 Å². The van der Waals surface area contributed by atoms with Crippen LogP contribution in [0.5, 0.6) is 5.75 Å². The number of hydrogen-bond donors (Lipinski definition) is 1. The number of benzene rings is 1. The Balaban J connectivity index is 1.11. The van der Waals surface area contributed by atoms with Gasteiger partial charge in [0, 0.05) is 31.1 Å². The van der Waals surface area contributed by atoms with Crippen LogP contribution in [-0.4, -0.2) is 60.1 Å². The summed E-state index contributed by atoms with van der Waals surface area (Å²) in [5.74, 6) is 1.37. The van der Waals surface area contributed by atoms with Crippen LogP contribution in [-0.2, 0) is 22.4 Å².